The Bertz CT molecular complexity index is 280. The summed E-state index contributed by atoms with van der Waals surface area (Å²) in [6, 6.07) is 8.71. The third-order valence-electron chi connectivity index (χ3n) is 2.19. The Kier molecular flexibility index (Phi) is 3.96. The second-order valence-electron chi connectivity index (χ2n) is 4.29. The molecule has 0 saturated carbocycles. The Morgan fingerprint density at radius 1 is 1.14 bits per heavy atom. The van der Waals surface area contributed by atoms with E-state index < -0.39 is 0 Å². The molecule has 78 valence electrons. The van der Waals surface area contributed by atoms with Crippen molar-refractivity contribution in [2.75, 3.05) is 0 Å². The molecule has 0 aliphatic heterocycles. The number of thiol groups is 2. The molecule has 14 heavy (non-hydrogen) atoms. The van der Waals surface area contributed by atoms with Crippen molar-refractivity contribution in [3.05, 3.63) is 35.4 Å². The quantitative estimate of drug-likeness (QED) is 0.566. The van der Waals surface area contributed by atoms with Crippen LogP contribution >= 0.6 is 25.3 Å². The van der Waals surface area contributed by atoms with Crippen molar-refractivity contribution in [1.82, 2.24) is 0 Å². The minimum atomic E-state index is -0.223. The molecule has 0 aliphatic carbocycles. The Morgan fingerprint density at radius 3 is 2.00 bits per heavy atom. The SMILES string of the molecule is CC(C)c1ccc(CC(C)(S)S)cc1. The van der Waals surface area contributed by atoms with Gasteiger partial charge in [-0.2, -0.15) is 25.3 Å². The fraction of sp³-hybridized carbons (Fsp3) is 0.500. The predicted molar refractivity (Wildman–Crippen MR) is 70.6 cm³/mol. The van der Waals surface area contributed by atoms with E-state index in [0.29, 0.717) is 5.92 Å². The summed E-state index contributed by atoms with van der Waals surface area (Å²) in [7, 11) is 0. The summed E-state index contributed by atoms with van der Waals surface area (Å²) < 4.78 is -0.223. The van der Waals surface area contributed by atoms with E-state index in [-0.39, 0.29) is 4.08 Å². The lowest BCUT2D eigenvalue weighted by atomic mass is 10.0. The fourth-order valence-electron chi connectivity index (χ4n) is 1.41. The normalized spacial score (nSPS) is 12.1. The fourth-order valence-corrected chi connectivity index (χ4v) is 1.77. The highest BCUT2D eigenvalue weighted by atomic mass is 32.2. The Labute approximate surface area is 97.9 Å². The van der Waals surface area contributed by atoms with E-state index in [1.807, 2.05) is 6.92 Å². The summed E-state index contributed by atoms with van der Waals surface area (Å²) >= 11 is 8.79. The molecular weight excluding hydrogens is 208 g/mol. The molecule has 0 radical (unpaired) electrons. The lowest BCUT2D eigenvalue weighted by Crippen LogP contribution is -2.10. The number of hydrogen-bond donors (Lipinski definition) is 2. The zero-order valence-electron chi connectivity index (χ0n) is 8.99. The van der Waals surface area contributed by atoms with Gasteiger partial charge in [0.05, 0.1) is 4.08 Å². The van der Waals surface area contributed by atoms with Crippen molar-refractivity contribution in [2.45, 2.75) is 37.2 Å². The van der Waals surface area contributed by atoms with E-state index in [2.05, 4.69) is 63.4 Å². The molecule has 0 saturated heterocycles. The summed E-state index contributed by atoms with van der Waals surface area (Å²) in [5.41, 5.74) is 2.68. The molecule has 0 nitrogen and oxygen atoms in total. The third kappa shape index (κ3) is 3.97. The van der Waals surface area contributed by atoms with Gasteiger partial charge in [-0.05, 0) is 30.4 Å². The Balaban J connectivity index is 2.74. The van der Waals surface area contributed by atoms with Crippen LogP contribution in [0.5, 0.6) is 0 Å². The van der Waals surface area contributed by atoms with Gasteiger partial charge in [-0.1, -0.05) is 38.1 Å². The summed E-state index contributed by atoms with van der Waals surface area (Å²) in [6.07, 6.45) is 0.887. The van der Waals surface area contributed by atoms with Gasteiger partial charge in [0, 0.05) is 0 Å². The summed E-state index contributed by atoms with van der Waals surface area (Å²) in [5.74, 6) is 0.599. The lowest BCUT2D eigenvalue weighted by molar-refractivity contribution is 0.857. The van der Waals surface area contributed by atoms with E-state index in [1.165, 1.54) is 11.1 Å². The molecule has 0 unspecified atom stereocenters. The summed E-state index contributed by atoms with van der Waals surface area (Å²) in [4.78, 5) is 0. The molecule has 2 heteroatoms. The molecule has 0 spiro atoms. The van der Waals surface area contributed by atoms with Gasteiger partial charge in [-0.3, -0.25) is 0 Å². The monoisotopic (exact) mass is 226 g/mol. The summed E-state index contributed by atoms with van der Waals surface area (Å²) in [6.45, 7) is 6.42. The number of hydrogen-bond acceptors (Lipinski definition) is 2. The molecule has 0 bridgehead atoms. The van der Waals surface area contributed by atoms with Crippen LogP contribution in [0.1, 0.15) is 37.8 Å². The minimum absolute atomic E-state index is 0.223. The lowest BCUT2D eigenvalue weighted by Gasteiger charge is -2.16. The predicted octanol–water partition coefficient (Wildman–Crippen LogP) is 3.93. The highest BCUT2D eigenvalue weighted by molar-refractivity contribution is 8.00. The van der Waals surface area contributed by atoms with E-state index >= 15 is 0 Å². The first kappa shape index (κ1) is 12.0. The molecule has 1 rings (SSSR count). The third-order valence-corrected chi connectivity index (χ3v) is 2.50. The minimum Gasteiger partial charge on any atom is -0.162 e. The average Bonchev–Trinajstić information content (AvgIpc) is 2.02. The molecule has 0 aromatic heterocycles. The van der Waals surface area contributed by atoms with Crippen LogP contribution in [0.4, 0.5) is 0 Å². The second kappa shape index (κ2) is 4.63. The average molecular weight is 226 g/mol. The van der Waals surface area contributed by atoms with Gasteiger partial charge in [-0.25, -0.2) is 0 Å². The van der Waals surface area contributed by atoms with E-state index in [1.54, 1.807) is 0 Å². The van der Waals surface area contributed by atoms with Crippen molar-refractivity contribution in [2.24, 2.45) is 0 Å². The van der Waals surface area contributed by atoms with E-state index in [9.17, 15) is 0 Å². The van der Waals surface area contributed by atoms with Crippen molar-refractivity contribution in [3.8, 4) is 0 Å². The van der Waals surface area contributed by atoms with Gasteiger partial charge < -0.3 is 0 Å². The number of rotatable bonds is 3. The first-order valence-electron chi connectivity index (χ1n) is 4.92. The van der Waals surface area contributed by atoms with Gasteiger partial charge >= 0.3 is 0 Å². The molecule has 0 fully saturated rings. The maximum absolute atomic E-state index is 4.40. The zero-order chi connectivity index (χ0) is 10.8. The molecule has 1 aromatic rings. The van der Waals surface area contributed by atoms with Crippen molar-refractivity contribution >= 4 is 25.3 Å². The van der Waals surface area contributed by atoms with Crippen LogP contribution in [0.15, 0.2) is 24.3 Å². The zero-order valence-corrected chi connectivity index (χ0v) is 10.8. The van der Waals surface area contributed by atoms with Gasteiger partial charge in [-0.15, -0.1) is 0 Å². The van der Waals surface area contributed by atoms with Crippen LogP contribution in [-0.2, 0) is 6.42 Å². The van der Waals surface area contributed by atoms with Gasteiger partial charge in [0.15, 0.2) is 0 Å². The highest BCUT2D eigenvalue weighted by Crippen LogP contribution is 2.24. The maximum atomic E-state index is 4.40. The van der Waals surface area contributed by atoms with Gasteiger partial charge in [0.1, 0.15) is 0 Å². The Morgan fingerprint density at radius 2 is 1.64 bits per heavy atom. The molecule has 0 heterocycles. The van der Waals surface area contributed by atoms with Crippen LogP contribution in [0, 0.1) is 0 Å². The van der Waals surface area contributed by atoms with E-state index in [4.69, 9.17) is 0 Å². The molecular formula is C12H18S2. The van der Waals surface area contributed by atoms with Crippen LogP contribution in [0.2, 0.25) is 0 Å². The smallest absolute Gasteiger partial charge is 0.0564 e. The first-order valence-corrected chi connectivity index (χ1v) is 5.81. The summed E-state index contributed by atoms with van der Waals surface area (Å²) in [5, 5.41) is 0. The van der Waals surface area contributed by atoms with Crippen molar-refractivity contribution < 1.29 is 0 Å². The standard InChI is InChI=1S/C12H18S2/c1-9(2)11-6-4-10(5-7-11)8-12(3,13)14/h4-7,9,13-14H,8H2,1-3H3. The van der Waals surface area contributed by atoms with E-state index in [0.717, 1.165) is 6.42 Å². The Hall–Kier alpha value is -0.0800. The van der Waals surface area contributed by atoms with Gasteiger partial charge in [0.25, 0.3) is 0 Å². The molecule has 0 N–H and O–H groups in total. The maximum Gasteiger partial charge on any atom is 0.0564 e. The highest BCUT2D eigenvalue weighted by Gasteiger charge is 2.13. The topological polar surface area (TPSA) is 0 Å². The van der Waals surface area contributed by atoms with Crippen LogP contribution in [0.3, 0.4) is 0 Å². The largest absolute Gasteiger partial charge is 0.162 e. The molecule has 0 aliphatic rings. The van der Waals surface area contributed by atoms with Crippen LogP contribution in [0.25, 0.3) is 0 Å². The van der Waals surface area contributed by atoms with Gasteiger partial charge in [0.2, 0.25) is 0 Å². The van der Waals surface area contributed by atoms with Crippen LogP contribution < -0.4 is 0 Å². The molecule has 0 amide bonds. The molecule has 1 aromatic carbocycles. The molecule has 0 atom stereocenters. The number of benzene rings is 1. The second-order valence-corrected chi connectivity index (χ2v) is 6.62. The van der Waals surface area contributed by atoms with Crippen LogP contribution in [-0.4, -0.2) is 4.08 Å². The first-order chi connectivity index (χ1) is 6.38. The van der Waals surface area contributed by atoms with Crippen molar-refractivity contribution in [1.29, 1.82) is 0 Å². The van der Waals surface area contributed by atoms with Crippen molar-refractivity contribution in [3.63, 3.8) is 0 Å².